The summed E-state index contributed by atoms with van der Waals surface area (Å²) in [6.45, 7) is 10.4. The largest absolute Gasteiger partial charge is 0.353 e. The molecule has 0 saturated carbocycles. The van der Waals surface area contributed by atoms with Crippen molar-refractivity contribution in [1.82, 2.24) is 5.32 Å². The molecule has 0 spiro atoms. The number of nitrogens with one attached hydrogen (secondary N) is 1. The van der Waals surface area contributed by atoms with E-state index < -0.39 is 0 Å². The minimum Gasteiger partial charge on any atom is -0.353 e. The Morgan fingerprint density at radius 3 is 2.24 bits per heavy atom. The predicted molar refractivity (Wildman–Crippen MR) is 72.3 cm³/mol. The Bertz CT molecular complexity index is 386. The lowest BCUT2D eigenvalue weighted by Gasteiger charge is -2.15. The van der Waals surface area contributed by atoms with Crippen LogP contribution in [0.25, 0.3) is 0 Å². The summed E-state index contributed by atoms with van der Waals surface area (Å²) in [6.07, 6.45) is 1.45. The first-order chi connectivity index (χ1) is 7.93. The Morgan fingerprint density at radius 2 is 1.76 bits per heavy atom. The lowest BCUT2D eigenvalue weighted by atomic mass is 9.97. The van der Waals surface area contributed by atoms with E-state index in [0.717, 1.165) is 6.42 Å². The highest BCUT2D eigenvalue weighted by molar-refractivity contribution is 5.75. The predicted octanol–water partition coefficient (Wildman–Crippen LogP) is 3.07. The average Bonchev–Trinajstić information content (AvgIpc) is 2.25. The topological polar surface area (TPSA) is 29.1 Å². The maximum atomic E-state index is 11.3. The van der Waals surface area contributed by atoms with Crippen LogP contribution in [0.4, 0.5) is 0 Å². The van der Waals surface area contributed by atoms with Gasteiger partial charge in [0, 0.05) is 12.5 Å². The third-order valence-corrected chi connectivity index (χ3v) is 3.26. The Hall–Kier alpha value is -1.31. The van der Waals surface area contributed by atoms with Gasteiger partial charge in [-0.15, -0.1) is 0 Å². The highest BCUT2D eigenvalue weighted by atomic mass is 16.1. The smallest absolute Gasteiger partial charge is 0.219 e. The van der Waals surface area contributed by atoms with Gasteiger partial charge in [0.05, 0.1) is 0 Å². The third kappa shape index (κ3) is 3.88. The van der Waals surface area contributed by atoms with Crippen LogP contribution in [0.1, 0.15) is 42.5 Å². The molecule has 0 heterocycles. The van der Waals surface area contributed by atoms with Gasteiger partial charge in [-0.2, -0.15) is 0 Å². The molecule has 17 heavy (non-hydrogen) atoms. The molecule has 2 heteroatoms. The van der Waals surface area contributed by atoms with Crippen molar-refractivity contribution < 1.29 is 4.79 Å². The second-order valence-corrected chi connectivity index (χ2v) is 4.88. The van der Waals surface area contributed by atoms with Gasteiger partial charge in [0.15, 0.2) is 0 Å². The lowest BCUT2D eigenvalue weighted by Crippen LogP contribution is -2.33. The highest BCUT2D eigenvalue weighted by Crippen LogP contribution is 2.16. The number of carbonyl (C=O) groups excluding carboxylic acids is 1. The van der Waals surface area contributed by atoms with Gasteiger partial charge in [0.1, 0.15) is 0 Å². The monoisotopic (exact) mass is 233 g/mol. The molecule has 0 radical (unpaired) electrons. The van der Waals surface area contributed by atoms with Gasteiger partial charge < -0.3 is 5.32 Å². The second-order valence-electron chi connectivity index (χ2n) is 4.88. The van der Waals surface area contributed by atoms with Crippen molar-refractivity contribution in [3.8, 4) is 0 Å². The molecule has 94 valence electrons. The summed E-state index contributed by atoms with van der Waals surface area (Å²) in [5, 5.41) is 2.99. The maximum absolute atomic E-state index is 11.3. The summed E-state index contributed by atoms with van der Waals surface area (Å²) in [5.74, 6) is 0.123. The van der Waals surface area contributed by atoms with Gasteiger partial charge in [0.2, 0.25) is 5.91 Å². The summed E-state index contributed by atoms with van der Waals surface area (Å²) in [6, 6.07) is 4.64. The number of amides is 1. The van der Waals surface area contributed by atoms with Crippen molar-refractivity contribution in [1.29, 1.82) is 0 Å². The summed E-state index contributed by atoms with van der Waals surface area (Å²) >= 11 is 0. The fourth-order valence-electron chi connectivity index (χ4n) is 2.02. The van der Waals surface area contributed by atoms with Crippen molar-refractivity contribution in [2.24, 2.45) is 0 Å². The van der Waals surface area contributed by atoms with E-state index in [2.05, 4.69) is 45.1 Å². The van der Waals surface area contributed by atoms with Crippen molar-refractivity contribution in [3.63, 3.8) is 0 Å². The lowest BCUT2D eigenvalue weighted by molar-refractivity contribution is -0.121. The summed E-state index contributed by atoms with van der Waals surface area (Å²) < 4.78 is 0. The van der Waals surface area contributed by atoms with Gasteiger partial charge >= 0.3 is 0 Å². The quantitative estimate of drug-likeness (QED) is 0.850. The van der Waals surface area contributed by atoms with Crippen LogP contribution in [0.2, 0.25) is 0 Å². The third-order valence-electron chi connectivity index (χ3n) is 3.26. The second kappa shape index (κ2) is 5.85. The highest BCUT2D eigenvalue weighted by Gasteiger charge is 2.08. The van der Waals surface area contributed by atoms with Crippen LogP contribution in [0.3, 0.4) is 0 Å². The summed E-state index contributed by atoms with van der Waals surface area (Å²) in [5.41, 5.74) is 5.32. The van der Waals surface area contributed by atoms with Gasteiger partial charge in [-0.1, -0.05) is 19.1 Å². The number of hydrogen-bond donors (Lipinski definition) is 1. The van der Waals surface area contributed by atoms with Crippen molar-refractivity contribution in [2.75, 3.05) is 0 Å². The number of rotatable bonds is 4. The molecular formula is C15H23NO. The van der Waals surface area contributed by atoms with Crippen LogP contribution in [-0.2, 0) is 11.2 Å². The molecule has 2 nitrogen and oxygen atoms in total. The van der Waals surface area contributed by atoms with Crippen LogP contribution >= 0.6 is 0 Å². The standard InChI is InChI=1S/C15H23NO/c1-6-15(17)16-12(4)9-14-7-10(2)13(5)11(3)8-14/h7-8,12H,6,9H2,1-5H3,(H,16,17). The zero-order valence-electron chi connectivity index (χ0n) is 11.6. The molecule has 1 atom stereocenters. The van der Waals surface area contributed by atoms with Crippen molar-refractivity contribution in [3.05, 3.63) is 34.4 Å². The first-order valence-corrected chi connectivity index (χ1v) is 6.30. The van der Waals surface area contributed by atoms with Crippen LogP contribution < -0.4 is 5.32 Å². The zero-order chi connectivity index (χ0) is 13.0. The normalized spacial score (nSPS) is 12.3. The molecule has 1 aromatic rings. The summed E-state index contributed by atoms with van der Waals surface area (Å²) in [7, 11) is 0. The van der Waals surface area contributed by atoms with Crippen LogP contribution in [0, 0.1) is 20.8 Å². The number of hydrogen-bond acceptors (Lipinski definition) is 1. The minimum atomic E-state index is 0.123. The van der Waals surface area contributed by atoms with E-state index in [1.807, 2.05) is 6.92 Å². The van der Waals surface area contributed by atoms with E-state index in [1.165, 1.54) is 22.3 Å². The molecule has 0 aromatic heterocycles. The van der Waals surface area contributed by atoms with E-state index in [9.17, 15) is 4.79 Å². The maximum Gasteiger partial charge on any atom is 0.219 e. The Labute approximate surface area is 104 Å². The first-order valence-electron chi connectivity index (χ1n) is 6.30. The molecule has 0 bridgehead atoms. The average molecular weight is 233 g/mol. The number of benzene rings is 1. The fourth-order valence-corrected chi connectivity index (χ4v) is 2.02. The van der Waals surface area contributed by atoms with Crippen molar-refractivity contribution in [2.45, 2.75) is 53.5 Å². The molecule has 0 aliphatic heterocycles. The van der Waals surface area contributed by atoms with Crippen LogP contribution in [-0.4, -0.2) is 11.9 Å². The van der Waals surface area contributed by atoms with Gasteiger partial charge in [-0.05, 0) is 56.4 Å². The molecular weight excluding hydrogens is 210 g/mol. The van der Waals surface area contributed by atoms with E-state index in [-0.39, 0.29) is 11.9 Å². The first kappa shape index (κ1) is 13.8. The molecule has 0 aliphatic rings. The molecule has 1 amide bonds. The molecule has 0 saturated heterocycles. The number of carbonyl (C=O) groups is 1. The van der Waals surface area contributed by atoms with Gasteiger partial charge in [-0.25, -0.2) is 0 Å². The SMILES string of the molecule is CCC(=O)NC(C)Cc1cc(C)c(C)c(C)c1. The molecule has 1 rings (SSSR count). The van der Waals surface area contributed by atoms with E-state index >= 15 is 0 Å². The van der Waals surface area contributed by atoms with E-state index in [4.69, 9.17) is 0 Å². The molecule has 0 fully saturated rings. The molecule has 0 aliphatic carbocycles. The van der Waals surface area contributed by atoms with Crippen LogP contribution in [0.5, 0.6) is 0 Å². The fraction of sp³-hybridized carbons (Fsp3) is 0.533. The van der Waals surface area contributed by atoms with E-state index in [1.54, 1.807) is 0 Å². The Balaban J connectivity index is 2.72. The molecule has 1 N–H and O–H groups in total. The van der Waals surface area contributed by atoms with Crippen molar-refractivity contribution >= 4 is 5.91 Å². The molecule has 1 unspecified atom stereocenters. The summed E-state index contributed by atoms with van der Waals surface area (Å²) in [4.78, 5) is 11.3. The zero-order valence-corrected chi connectivity index (χ0v) is 11.6. The van der Waals surface area contributed by atoms with E-state index in [0.29, 0.717) is 6.42 Å². The Kier molecular flexibility index (Phi) is 4.73. The molecule has 1 aromatic carbocycles. The van der Waals surface area contributed by atoms with Gasteiger partial charge in [-0.3, -0.25) is 4.79 Å². The van der Waals surface area contributed by atoms with Gasteiger partial charge in [0.25, 0.3) is 0 Å². The number of aryl methyl sites for hydroxylation is 2. The Morgan fingerprint density at radius 1 is 1.24 bits per heavy atom. The van der Waals surface area contributed by atoms with Crippen LogP contribution in [0.15, 0.2) is 12.1 Å². The minimum absolute atomic E-state index is 0.123.